The molecule has 28 heavy (non-hydrogen) atoms. The summed E-state index contributed by atoms with van der Waals surface area (Å²) in [6, 6.07) is 0. The van der Waals surface area contributed by atoms with Gasteiger partial charge in [-0.3, -0.25) is 10.1 Å². The Morgan fingerprint density at radius 3 is 2.75 bits per heavy atom. The first-order valence-electron chi connectivity index (χ1n) is 9.40. The molecule has 2 aromatic rings. The molecule has 0 bridgehead atoms. The molecule has 8 nitrogen and oxygen atoms in total. The highest BCUT2D eigenvalue weighted by Gasteiger charge is 2.32. The zero-order chi connectivity index (χ0) is 20.1. The number of hydrogen-bond donors (Lipinski definition) is 1. The van der Waals surface area contributed by atoms with E-state index in [0.29, 0.717) is 42.3 Å². The van der Waals surface area contributed by atoms with Crippen LogP contribution in [0, 0.1) is 5.92 Å². The van der Waals surface area contributed by atoms with E-state index >= 15 is 0 Å². The number of thiazole rings is 1. The third-order valence-corrected chi connectivity index (χ3v) is 8.31. The maximum atomic E-state index is 12.6. The Bertz CT molecular complexity index is 894. The molecule has 2 aromatic heterocycles. The molecule has 1 N–H and O–H groups in total. The molecule has 0 saturated carbocycles. The number of rotatable bonds is 7. The van der Waals surface area contributed by atoms with Gasteiger partial charge < -0.3 is 0 Å². The van der Waals surface area contributed by atoms with Crippen LogP contribution in [0.2, 0.25) is 0 Å². The van der Waals surface area contributed by atoms with E-state index in [1.165, 1.54) is 23.9 Å². The fraction of sp³-hybridized carbons (Fsp3) is 0.556. The van der Waals surface area contributed by atoms with Crippen molar-refractivity contribution in [2.45, 2.75) is 44.8 Å². The minimum absolute atomic E-state index is 0.276. The summed E-state index contributed by atoms with van der Waals surface area (Å²) in [6.45, 7) is 4.68. The van der Waals surface area contributed by atoms with Crippen LogP contribution in [0.15, 0.2) is 24.1 Å². The van der Waals surface area contributed by atoms with E-state index < -0.39 is 10.0 Å². The average Bonchev–Trinajstić information content (AvgIpc) is 3.21. The molecule has 0 radical (unpaired) electrons. The Balaban J connectivity index is 1.63. The van der Waals surface area contributed by atoms with E-state index in [1.54, 1.807) is 22.8 Å². The number of carbonyl (C=O) groups excluding carboxylic acids is 1. The summed E-state index contributed by atoms with van der Waals surface area (Å²) >= 11 is 1.35. The number of nitrogens with one attached hydrogen (secondary N) is 1. The van der Waals surface area contributed by atoms with Crippen molar-refractivity contribution in [2.75, 3.05) is 18.4 Å². The Hall–Kier alpha value is -1.91. The van der Waals surface area contributed by atoms with Crippen molar-refractivity contribution in [3.8, 4) is 0 Å². The molecule has 0 spiro atoms. The van der Waals surface area contributed by atoms with Gasteiger partial charge in [0.1, 0.15) is 6.33 Å². The van der Waals surface area contributed by atoms with Gasteiger partial charge in [0, 0.05) is 30.9 Å². The highest BCUT2D eigenvalue weighted by molar-refractivity contribution is 7.89. The zero-order valence-electron chi connectivity index (χ0n) is 16.0. The van der Waals surface area contributed by atoms with Crippen molar-refractivity contribution in [1.82, 2.24) is 19.3 Å². The summed E-state index contributed by atoms with van der Waals surface area (Å²) in [5, 5.41) is 4.73. The summed E-state index contributed by atoms with van der Waals surface area (Å²) < 4.78 is 26.7. The summed E-state index contributed by atoms with van der Waals surface area (Å²) in [6.07, 6.45) is 7.34. The largest absolute Gasteiger partial charge is 0.298 e. The number of amides is 1. The van der Waals surface area contributed by atoms with E-state index in [2.05, 4.69) is 20.3 Å². The molecule has 1 fully saturated rings. The lowest BCUT2D eigenvalue weighted by Gasteiger charge is -2.32. The van der Waals surface area contributed by atoms with Crippen LogP contribution in [0.4, 0.5) is 5.13 Å². The van der Waals surface area contributed by atoms with E-state index in [0.717, 1.165) is 12.8 Å². The lowest BCUT2D eigenvalue weighted by atomic mass is 9.92. The Morgan fingerprint density at radius 1 is 1.36 bits per heavy atom. The second kappa shape index (κ2) is 9.06. The summed E-state index contributed by atoms with van der Waals surface area (Å²) in [4.78, 5) is 24.9. The van der Waals surface area contributed by atoms with Crippen molar-refractivity contribution in [1.29, 1.82) is 0 Å². The van der Waals surface area contributed by atoms with Crippen molar-refractivity contribution in [3.63, 3.8) is 0 Å². The highest BCUT2D eigenvalue weighted by Crippen LogP contribution is 2.26. The molecule has 10 heteroatoms. The van der Waals surface area contributed by atoms with Crippen LogP contribution >= 0.6 is 11.3 Å². The second-order valence-corrected chi connectivity index (χ2v) is 10.2. The van der Waals surface area contributed by atoms with Crippen LogP contribution in [-0.2, 0) is 16.4 Å². The van der Waals surface area contributed by atoms with E-state index in [-0.39, 0.29) is 17.1 Å². The molecule has 1 aliphatic rings. The summed E-state index contributed by atoms with van der Waals surface area (Å²) in [5.74, 6) is 0.00651. The number of carbonyl (C=O) groups is 1. The van der Waals surface area contributed by atoms with Crippen LogP contribution in [0.25, 0.3) is 0 Å². The Kier molecular flexibility index (Phi) is 6.73. The number of hydrogen-bond acceptors (Lipinski definition) is 7. The fourth-order valence-electron chi connectivity index (χ4n) is 3.26. The van der Waals surface area contributed by atoms with Gasteiger partial charge in [-0.2, -0.15) is 0 Å². The van der Waals surface area contributed by atoms with Gasteiger partial charge in [0.2, 0.25) is 10.0 Å². The highest BCUT2D eigenvalue weighted by atomic mass is 32.2. The SMILES string of the molecule is CCC(C)S(=O)(=O)N1CCC(Cc2ncncc2C(=O)Nc2nccs2)CC1. The molecule has 1 amide bonds. The van der Waals surface area contributed by atoms with Crippen LogP contribution < -0.4 is 5.32 Å². The normalized spacial score (nSPS) is 17.4. The first-order chi connectivity index (χ1) is 13.4. The Labute approximate surface area is 169 Å². The first kappa shape index (κ1) is 20.8. The predicted octanol–water partition coefficient (Wildman–Crippen LogP) is 2.57. The van der Waals surface area contributed by atoms with Crippen LogP contribution in [0.1, 0.15) is 49.2 Å². The maximum Gasteiger partial charge on any atom is 0.260 e. The van der Waals surface area contributed by atoms with E-state index in [4.69, 9.17) is 0 Å². The van der Waals surface area contributed by atoms with Gasteiger partial charge in [-0.25, -0.2) is 27.7 Å². The molecule has 0 aliphatic carbocycles. The van der Waals surface area contributed by atoms with Gasteiger partial charge >= 0.3 is 0 Å². The van der Waals surface area contributed by atoms with Crippen LogP contribution in [-0.4, -0.2) is 51.9 Å². The molecular formula is C18H25N5O3S2. The smallest absolute Gasteiger partial charge is 0.260 e. The topological polar surface area (TPSA) is 105 Å². The lowest BCUT2D eigenvalue weighted by molar-refractivity contribution is 0.102. The van der Waals surface area contributed by atoms with Crippen LogP contribution in [0.3, 0.4) is 0 Å². The van der Waals surface area contributed by atoms with Gasteiger partial charge in [-0.05, 0) is 38.5 Å². The van der Waals surface area contributed by atoms with Gasteiger partial charge in [0.15, 0.2) is 5.13 Å². The number of sulfonamides is 1. The number of anilines is 1. The van der Waals surface area contributed by atoms with Gasteiger partial charge in [0.25, 0.3) is 5.91 Å². The van der Waals surface area contributed by atoms with Gasteiger partial charge in [-0.15, -0.1) is 11.3 Å². The molecule has 0 aromatic carbocycles. The predicted molar refractivity (Wildman–Crippen MR) is 109 cm³/mol. The minimum atomic E-state index is -3.22. The van der Waals surface area contributed by atoms with Gasteiger partial charge in [0.05, 0.1) is 16.5 Å². The van der Waals surface area contributed by atoms with Crippen molar-refractivity contribution >= 4 is 32.4 Å². The average molecular weight is 424 g/mol. The standard InChI is InChI=1S/C18H25N5O3S2/c1-3-13(2)28(25,26)23-7-4-14(5-8-23)10-16-15(11-19-12-21-16)17(24)22-18-20-6-9-27-18/h6,9,11-14H,3-5,7-8,10H2,1-2H3,(H,20,22,24). The minimum Gasteiger partial charge on any atom is -0.298 e. The second-order valence-electron chi connectivity index (χ2n) is 6.98. The van der Waals surface area contributed by atoms with Crippen molar-refractivity contribution in [3.05, 3.63) is 35.4 Å². The zero-order valence-corrected chi connectivity index (χ0v) is 17.7. The molecular weight excluding hydrogens is 398 g/mol. The van der Waals surface area contributed by atoms with E-state index in [9.17, 15) is 13.2 Å². The lowest BCUT2D eigenvalue weighted by Crippen LogP contribution is -2.42. The third-order valence-electron chi connectivity index (χ3n) is 5.19. The molecule has 3 heterocycles. The molecule has 152 valence electrons. The third kappa shape index (κ3) is 4.73. The van der Waals surface area contributed by atoms with Crippen molar-refractivity contribution in [2.24, 2.45) is 5.92 Å². The van der Waals surface area contributed by atoms with Crippen molar-refractivity contribution < 1.29 is 13.2 Å². The molecule has 1 aliphatic heterocycles. The maximum absolute atomic E-state index is 12.6. The first-order valence-corrected chi connectivity index (χ1v) is 11.8. The molecule has 1 atom stereocenters. The quantitative estimate of drug-likeness (QED) is 0.734. The monoisotopic (exact) mass is 423 g/mol. The molecule has 1 saturated heterocycles. The van der Waals surface area contributed by atoms with E-state index in [1.807, 2.05) is 6.92 Å². The summed E-state index contributed by atoms with van der Waals surface area (Å²) in [7, 11) is -3.22. The Morgan fingerprint density at radius 2 is 2.11 bits per heavy atom. The van der Waals surface area contributed by atoms with Crippen LogP contribution in [0.5, 0.6) is 0 Å². The number of piperidine rings is 1. The molecule has 1 unspecified atom stereocenters. The number of nitrogens with zero attached hydrogens (tertiary/aromatic N) is 4. The fourth-order valence-corrected chi connectivity index (χ4v) is 5.44. The van der Waals surface area contributed by atoms with Gasteiger partial charge in [-0.1, -0.05) is 6.92 Å². The molecule has 3 rings (SSSR count). The summed E-state index contributed by atoms with van der Waals surface area (Å²) in [5.41, 5.74) is 1.12. The number of aromatic nitrogens is 3.